The molecule has 0 spiro atoms. The highest BCUT2D eigenvalue weighted by Gasteiger charge is 2.11. The smallest absolute Gasteiger partial charge is 0.0966 e. The van der Waals surface area contributed by atoms with E-state index in [0.717, 1.165) is 34.0 Å². The maximum atomic E-state index is 5.05. The molecule has 3 heteroatoms. The molecular formula is C29H27N3. The first-order chi connectivity index (χ1) is 15.5. The zero-order chi connectivity index (χ0) is 22.5. The molecule has 0 saturated heterocycles. The van der Waals surface area contributed by atoms with Crippen molar-refractivity contribution in [3.8, 4) is 0 Å². The fraction of sp³-hybridized carbons (Fsp3) is 0.138. The predicted molar refractivity (Wildman–Crippen MR) is 135 cm³/mol. The largest absolute Gasteiger partial charge is 0.254 e. The van der Waals surface area contributed by atoms with Crippen LogP contribution in [0.4, 0.5) is 11.4 Å². The van der Waals surface area contributed by atoms with Crippen molar-refractivity contribution in [2.24, 2.45) is 9.98 Å². The number of aromatic nitrogens is 1. The average molecular weight is 418 g/mol. The summed E-state index contributed by atoms with van der Waals surface area (Å²) in [6, 6.07) is 28.6. The molecule has 0 bridgehead atoms. The van der Waals surface area contributed by atoms with Gasteiger partial charge in [-0.15, -0.1) is 0 Å². The second-order valence-electron chi connectivity index (χ2n) is 7.97. The Labute approximate surface area is 190 Å². The van der Waals surface area contributed by atoms with Crippen molar-refractivity contribution in [1.82, 2.24) is 4.98 Å². The Bertz CT molecular complexity index is 1300. The monoisotopic (exact) mass is 417 g/mol. The number of aliphatic imine (C=N–C) groups is 2. The summed E-state index contributed by atoms with van der Waals surface area (Å²) in [5, 5.41) is 0. The third-order valence-corrected chi connectivity index (χ3v) is 5.78. The van der Waals surface area contributed by atoms with Gasteiger partial charge in [-0.25, -0.2) is 9.98 Å². The van der Waals surface area contributed by atoms with Crippen molar-refractivity contribution in [2.75, 3.05) is 0 Å². The molecule has 4 rings (SSSR count). The maximum absolute atomic E-state index is 5.05. The molecule has 3 aromatic carbocycles. The van der Waals surface area contributed by atoms with Gasteiger partial charge in [0.05, 0.1) is 34.7 Å². The molecule has 0 amide bonds. The summed E-state index contributed by atoms with van der Waals surface area (Å²) in [6.07, 6.45) is 1.83. The molecule has 0 N–H and O–H groups in total. The SMILES string of the molecule is Cc1cccc(N=Cc2cccc(C(=Nc3cccc(C)c3C)c3ccccc3)n2)c1C. The van der Waals surface area contributed by atoms with Crippen LogP contribution in [0.15, 0.2) is 94.9 Å². The molecular weight excluding hydrogens is 390 g/mol. The van der Waals surface area contributed by atoms with Crippen LogP contribution in [0.2, 0.25) is 0 Å². The van der Waals surface area contributed by atoms with E-state index in [1.807, 2.05) is 60.8 Å². The van der Waals surface area contributed by atoms with Gasteiger partial charge in [-0.1, -0.05) is 60.7 Å². The first kappa shape index (κ1) is 21.4. The normalized spacial score (nSPS) is 11.8. The van der Waals surface area contributed by atoms with Crippen molar-refractivity contribution < 1.29 is 0 Å². The first-order valence-electron chi connectivity index (χ1n) is 10.8. The zero-order valence-electron chi connectivity index (χ0n) is 19.0. The first-order valence-corrected chi connectivity index (χ1v) is 10.8. The van der Waals surface area contributed by atoms with E-state index in [-0.39, 0.29) is 0 Å². The van der Waals surface area contributed by atoms with Crippen molar-refractivity contribution in [2.45, 2.75) is 27.7 Å². The Hall–Kier alpha value is -3.85. The number of hydrogen-bond acceptors (Lipinski definition) is 3. The van der Waals surface area contributed by atoms with Crippen LogP contribution in [0.5, 0.6) is 0 Å². The fourth-order valence-corrected chi connectivity index (χ4v) is 3.51. The number of rotatable bonds is 5. The molecule has 3 nitrogen and oxygen atoms in total. The van der Waals surface area contributed by atoms with Gasteiger partial charge < -0.3 is 0 Å². The summed E-state index contributed by atoms with van der Waals surface area (Å²) < 4.78 is 0. The van der Waals surface area contributed by atoms with Gasteiger partial charge in [-0.3, -0.25) is 4.99 Å². The quantitative estimate of drug-likeness (QED) is 0.315. The lowest BCUT2D eigenvalue weighted by Gasteiger charge is -2.10. The molecule has 0 radical (unpaired) electrons. The standard InChI is InChI=1S/C29H27N3/c1-20-11-8-16-26(22(20)3)30-19-25-15-10-18-28(31-25)29(24-13-6-5-7-14-24)32-27-17-9-12-21(2)23(27)4/h5-19H,1-4H3. The molecule has 0 aliphatic carbocycles. The van der Waals surface area contributed by atoms with Crippen LogP contribution in [0.3, 0.4) is 0 Å². The number of hydrogen-bond donors (Lipinski definition) is 0. The van der Waals surface area contributed by atoms with E-state index in [9.17, 15) is 0 Å². The van der Waals surface area contributed by atoms with E-state index in [1.54, 1.807) is 0 Å². The van der Waals surface area contributed by atoms with Crippen LogP contribution in [0, 0.1) is 27.7 Å². The summed E-state index contributed by atoms with van der Waals surface area (Å²) >= 11 is 0. The average Bonchev–Trinajstić information content (AvgIpc) is 2.82. The summed E-state index contributed by atoms with van der Waals surface area (Å²) in [6.45, 7) is 8.41. The Morgan fingerprint density at radius 1 is 0.656 bits per heavy atom. The highest BCUT2D eigenvalue weighted by molar-refractivity contribution is 6.13. The van der Waals surface area contributed by atoms with Gasteiger partial charge in [0, 0.05) is 5.56 Å². The van der Waals surface area contributed by atoms with Crippen LogP contribution in [0.1, 0.15) is 39.2 Å². The third kappa shape index (κ3) is 4.73. The van der Waals surface area contributed by atoms with E-state index in [2.05, 4.69) is 58.0 Å². The molecule has 1 aromatic heterocycles. The van der Waals surface area contributed by atoms with Crippen LogP contribution >= 0.6 is 0 Å². The van der Waals surface area contributed by atoms with E-state index >= 15 is 0 Å². The third-order valence-electron chi connectivity index (χ3n) is 5.78. The van der Waals surface area contributed by atoms with E-state index < -0.39 is 0 Å². The molecule has 4 aromatic rings. The molecule has 0 fully saturated rings. The highest BCUT2D eigenvalue weighted by atomic mass is 14.8. The van der Waals surface area contributed by atoms with Crippen LogP contribution in [0.25, 0.3) is 0 Å². The molecule has 1 heterocycles. The number of nitrogens with zero attached hydrogens (tertiary/aromatic N) is 3. The van der Waals surface area contributed by atoms with Gasteiger partial charge in [-0.2, -0.15) is 0 Å². The maximum Gasteiger partial charge on any atom is 0.0966 e. The molecule has 0 atom stereocenters. The van der Waals surface area contributed by atoms with Crippen molar-refractivity contribution in [3.05, 3.63) is 124 Å². The highest BCUT2D eigenvalue weighted by Crippen LogP contribution is 2.24. The summed E-state index contributed by atoms with van der Waals surface area (Å²) in [5.41, 5.74) is 10.2. The van der Waals surface area contributed by atoms with Gasteiger partial charge in [0.2, 0.25) is 0 Å². The van der Waals surface area contributed by atoms with E-state index in [4.69, 9.17) is 15.0 Å². The lowest BCUT2D eigenvalue weighted by molar-refractivity contribution is 1.25. The Kier molecular flexibility index (Phi) is 6.37. The molecule has 0 saturated carbocycles. The van der Waals surface area contributed by atoms with Crippen molar-refractivity contribution in [1.29, 1.82) is 0 Å². The summed E-state index contributed by atoms with van der Waals surface area (Å²) in [5.74, 6) is 0. The Morgan fingerprint density at radius 2 is 1.28 bits per heavy atom. The van der Waals surface area contributed by atoms with E-state index in [1.165, 1.54) is 22.3 Å². The van der Waals surface area contributed by atoms with Gasteiger partial charge in [0.15, 0.2) is 0 Å². The summed E-state index contributed by atoms with van der Waals surface area (Å²) in [4.78, 5) is 14.6. The number of benzene rings is 3. The Balaban J connectivity index is 1.77. The second-order valence-corrected chi connectivity index (χ2v) is 7.97. The number of aryl methyl sites for hydroxylation is 2. The fourth-order valence-electron chi connectivity index (χ4n) is 3.51. The molecule has 32 heavy (non-hydrogen) atoms. The minimum atomic E-state index is 0.799. The van der Waals surface area contributed by atoms with Gasteiger partial charge in [0.25, 0.3) is 0 Å². The van der Waals surface area contributed by atoms with Gasteiger partial charge in [0.1, 0.15) is 0 Å². The van der Waals surface area contributed by atoms with Gasteiger partial charge in [-0.05, 0) is 74.2 Å². The molecule has 158 valence electrons. The van der Waals surface area contributed by atoms with Crippen molar-refractivity contribution in [3.63, 3.8) is 0 Å². The summed E-state index contributed by atoms with van der Waals surface area (Å²) in [7, 11) is 0. The Morgan fingerprint density at radius 3 is 2.00 bits per heavy atom. The van der Waals surface area contributed by atoms with Crippen molar-refractivity contribution >= 4 is 23.3 Å². The van der Waals surface area contributed by atoms with E-state index in [0.29, 0.717) is 0 Å². The lowest BCUT2D eigenvalue weighted by Crippen LogP contribution is -2.07. The topological polar surface area (TPSA) is 37.6 Å². The minimum Gasteiger partial charge on any atom is -0.254 e. The predicted octanol–water partition coefficient (Wildman–Crippen LogP) is 7.23. The molecule has 0 unspecified atom stereocenters. The molecule has 0 aliphatic heterocycles. The molecule has 0 aliphatic rings. The number of pyridine rings is 1. The zero-order valence-corrected chi connectivity index (χ0v) is 19.0. The lowest BCUT2D eigenvalue weighted by atomic mass is 10.0. The van der Waals surface area contributed by atoms with Crippen LogP contribution < -0.4 is 0 Å². The second kappa shape index (κ2) is 9.52. The van der Waals surface area contributed by atoms with Gasteiger partial charge >= 0.3 is 0 Å². The van der Waals surface area contributed by atoms with Crippen LogP contribution in [-0.4, -0.2) is 16.9 Å². The van der Waals surface area contributed by atoms with Crippen LogP contribution in [-0.2, 0) is 0 Å². The minimum absolute atomic E-state index is 0.799.